The van der Waals surface area contributed by atoms with Crippen molar-refractivity contribution < 1.29 is 4.79 Å². The molecule has 3 nitrogen and oxygen atoms in total. The molecule has 102 valence electrons. The topological polar surface area (TPSA) is 23.6 Å². The first kappa shape index (κ1) is 13.2. The number of halogens is 1. The number of fused-ring (bicyclic) bond motifs is 1. The lowest BCUT2D eigenvalue weighted by molar-refractivity contribution is 0.0996. The van der Waals surface area contributed by atoms with Gasteiger partial charge in [-0.3, -0.25) is 4.79 Å². The van der Waals surface area contributed by atoms with E-state index < -0.39 is 0 Å². The van der Waals surface area contributed by atoms with Crippen LogP contribution in [-0.2, 0) is 6.54 Å². The SMILES string of the molecule is CN(C)c1ccc(N2Cc3cc(Br)ccc3C2=O)cc1. The summed E-state index contributed by atoms with van der Waals surface area (Å²) in [6.07, 6.45) is 0. The van der Waals surface area contributed by atoms with Gasteiger partial charge in [-0.2, -0.15) is 0 Å². The molecule has 1 amide bonds. The Morgan fingerprint density at radius 1 is 1.10 bits per heavy atom. The summed E-state index contributed by atoms with van der Waals surface area (Å²) in [5.41, 5.74) is 3.93. The predicted octanol–water partition coefficient (Wildman–Crippen LogP) is 3.68. The average molecular weight is 331 g/mol. The van der Waals surface area contributed by atoms with E-state index >= 15 is 0 Å². The molecule has 3 rings (SSSR count). The van der Waals surface area contributed by atoms with E-state index in [1.165, 1.54) is 0 Å². The van der Waals surface area contributed by atoms with Crippen molar-refractivity contribution >= 4 is 33.2 Å². The zero-order valence-electron chi connectivity index (χ0n) is 11.4. The smallest absolute Gasteiger partial charge is 0.258 e. The van der Waals surface area contributed by atoms with Crippen molar-refractivity contribution in [3.63, 3.8) is 0 Å². The van der Waals surface area contributed by atoms with Gasteiger partial charge in [0.15, 0.2) is 0 Å². The number of nitrogens with zero attached hydrogens (tertiary/aromatic N) is 2. The van der Waals surface area contributed by atoms with E-state index in [2.05, 4.69) is 15.9 Å². The van der Waals surface area contributed by atoms with Crippen LogP contribution in [0.4, 0.5) is 11.4 Å². The first-order chi connectivity index (χ1) is 9.56. The Kier molecular flexibility index (Phi) is 3.26. The number of amides is 1. The summed E-state index contributed by atoms with van der Waals surface area (Å²) in [6, 6.07) is 13.9. The molecule has 0 bridgehead atoms. The third kappa shape index (κ3) is 2.20. The maximum Gasteiger partial charge on any atom is 0.258 e. The molecule has 4 heteroatoms. The van der Waals surface area contributed by atoms with Crippen LogP contribution in [0.1, 0.15) is 15.9 Å². The Bertz CT molecular complexity index is 665. The zero-order valence-corrected chi connectivity index (χ0v) is 13.0. The van der Waals surface area contributed by atoms with Crippen molar-refractivity contribution in [2.75, 3.05) is 23.9 Å². The van der Waals surface area contributed by atoms with Crippen LogP contribution >= 0.6 is 15.9 Å². The molecule has 1 aliphatic rings. The van der Waals surface area contributed by atoms with Gasteiger partial charge in [-0.15, -0.1) is 0 Å². The fraction of sp³-hybridized carbons (Fsp3) is 0.188. The predicted molar refractivity (Wildman–Crippen MR) is 85.4 cm³/mol. The summed E-state index contributed by atoms with van der Waals surface area (Å²) >= 11 is 3.45. The maximum absolute atomic E-state index is 12.4. The van der Waals surface area contributed by atoms with Crippen molar-refractivity contribution in [2.45, 2.75) is 6.54 Å². The van der Waals surface area contributed by atoms with Crippen LogP contribution in [0.3, 0.4) is 0 Å². The van der Waals surface area contributed by atoms with Gasteiger partial charge < -0.3 is 9.80 Å². The Labute approximate surface area is 126 Å². The van der Waals surface area contributed by atoms with Crippen LogP contribution in [0.2, 0.25) is 0 Å². The highest BCUT2D eigenvalue weighted by Gasteiger charge is 2.28. The standard InChI is InChI=1S/C16H15BrN2O/c1-18(2)13-4-6-14(7-5-13)19-10-11-9-12(17)3-8-15(11)16(19)20/h3-9H,10H2,1-2H3. The Hall–Kier alpha value is -1.81. The number of anilines is 2. The molecule has 0 fully saturated rings. The minimum Gasteiger partial charge on any atom is -0.378 e. The largest absolute Gasteiger partial charge is 0.378 e. The number of hydrogen-bond donors (Lipinski definition) is 0. The van der Waals surface area contributed by atoms with Crippen LogP contribution in [0, 0.1) is 0 Å². The molecule has 0 saturated heterocycles. The molecule has 2 aromatic rings. The second-order valence-electron chi connectivity index (χ2n) is 5.10. The van der Waals surface area contributed by atoms with E-state index in [4.69, 9.17) is 0 Å². The lowest BCUT2D eigenvalue weighted by Gasteiger charge is -2.18. The maximum atomic E-state index is 12.4. The number of rotatable bonds is 2. The highest BCUT2D eigenvalue weighted by Crippen LogP contribution is 2.30. The van der Waals surface area contributed by atoms with Gasteiger partial charge in [-0.05, 0) is 48.0 Å². The van der Waals surface area contributed by atoms with Gasteiger partial charge in [0, 0.05) is 35.5 Å². The molecule has 0 aliphatic carbocycles. The van der Waals surface area contributed by atoms with E-state index in [1.54, 1.807) is 0 Å². The molecular formula is C16H15BrN2O. The first-order valence-corrected chi connectivity index (χ1v) is 7.23. The zero-order chi connectivity index (χ0) is 14.3. The molecule has 0 unspecified atom stereocenters. The van der Waals surface area contributed by atoms with E-state index in [9.17, 15) is 4.79 Å². The van der Waals surface area contributed by atoms with Gasteiger partial charge in [0.25, 0.3) is 5.91 Å². The van der Waals surface area contributed by atoms with Crippen molar-refractivity contribution in [1.82, 2.24) is 0 Å². The van der Waals surface area contributed by atoms with Crippen LogP contribution in [0.15, 0.2) is 46.9 Å². The van der Waals surface area contributed by atoms with E-state index in [0.29, 0.717) is 6.54 Å². The average Bonchev–Trinajstić information content (AvgIpc) is 2.75. The molecule has 0 N–H and O–H groups in total. The van der Waals surface area contributed by atoms with E-state index in [0.717, 1.165) is 27.0 Å². The summed E-state index contributed by atoms with van der Waals surface area (Å²) in [5, 5.41) is 0. The quantitative estimate of drug-likeness (QED) is 0.838. The summed E-state index contributed by atoms with van der Waals surface area (Å²) < 4.78 is 1.01. The van der Waals surface area contributed by atoms with E-state index in [-0.39, 0.29) is 5.91 Å². The minimum atomic E-state index is 0.0742. The lowest BCUT2D eigenvalue weighted by atomic mass is 10.1. The Morgan fingerprint density at radius 2 is 1.80 bits per heavy atom. The second kappa shape index (κ2) is 4.94. The van der Waals surface area contributed by atoms with Gasteiger partial charge in [-0.1, -0.05) is 15.9 Å². The number of benzene rings is 2. The molecule has 1 aliphatic heterocycles. The normalized spacial score (nSPS) is 13.6. The van der Waals surface area contributed by atoms with Gasteiger partial charge >= 0.3 is 0 Å². The van der Waals surface area contributed by atoms with Gasteiger partial charge in [0.2, 0.25) is 0 Å². The van der Waals surface area contributed by atoms with Crippen LogP contribution < -0.4 is 9.80 Å². The first-order valence-electron chi connectivity index (χ1n) is 6.44. The van der Waals surface area contributed by atoms with Crippen molar-refractivity contribution in [3.05, 3.63) is 58.1 Å². The lowest BCUT2D eigenvalue weighted by Crippen LogP contribution is -2.23. The number of hydrogen-bond acceptors (Lipinski definition) is 2. The Morgan fingerprint density at radius 3 is 2.45 bits per heavy atom. The van der Waals surface area contributed by atoms with Gasteiger partial charge in [0.05, 0.1) is 6.54 Å². The summed E-state index contributed by atoms with van der Waals surface area (Å²) in [5.74, 6) is 0.0742. The van der Waals surface area contributed by atoms with Crippen molar-refractivity contribution in [1.29, 1.82) is 0 Å². The second-order valence-corrected chi connectivity index (χ2v) is 6.02. The molecule has 2 aromatic carbocycles. The van der Waals surface area contributed by atoms with Gasteiger partial charge in [-0.25, -0.2) is 0 Å². The van der Waals surface area contributed by atoms with Crippen molar-refractivity contribution in [2.24, 2.45) is 0 Å². The summed E-state index contributed by atoms with van der Waals surface area (Å²) in [6.45, 7) is 0.634. The molecule has 0 spiro atoms. The number of carbonyl (C=O) groups excluding carboxylic acids is 1. The molecular weight excluding hydrogens is 316 g/mol. The molecule has 0 radical (unpaired) electrons. The number of carbonyl (C=O) groups is 1. The van der Waals surface area contributed by atoms with Gasteiger partial charge in [0.1, 0.15) is 0 Å². The highest BCUT2D eigenvalue weighted by atomic mass is 79.9. The molecule has 20 heavy (non-hydrogen) atoms. The van der Waals surface area contributed by atoms with Crippen molar-refractivity contribution in [3.8, 4) is 0 Å². The fourth-order valence-corrected chi connectivity index (χ4v) is 2.84. The third-order valence-electron chi connectivity index (χ3n) is 3.55. The molecule has 0 saturated carbocycles. The van der Waals surface area contributed by atoms with E-state index in [1.807, 2.05) is 66.4 Å². The molecule has 1 heterocycles. The Balaban J connectivity index is 1.92. The third-order valence-corrected chi connectivity index (χ3v) is 4.04. The minimum absolute atomic E-state index is 0.0742. The monoisotopic (exact) mass is 330 g/mol. The fourth-order valence-electron chi connectivity index (χ4n) is 2.43. The molecule has 0 atom stereocenters. The van der Waals surface area contributed by atoms with Crippen LogP contribution in [-0.4, -0.2) is 20.0 Å². The summed E-state index contributed by atoms with van der Waals surface area (Å²) in [4.78, 5) is 16.3. The molecule has 0 aromatic heterocycles. The highest BCUT2D eigenvalue weighted by molar-refractivity contribution is 9.10. The summed E-state index contributed by atoms with van der Waals surface area (Å²) in [7, 11) is 4.01. The van der Waals surface area contributed by atoms with Crippen LogP contribution in [0.5, 0.6) is 0 Å². The van der Waals surface area contributed by atoms with Crippen LogP contribution in [0.25, 0.3) is 0 Å².